The Labute approximate surface area is 155 Å². The van der Waals surface area contributed by atoms with Crippen LogP contribution in [0.15, 0.2) is 30.3 Å². The molecule has 0 amide bonds. The summed E-state index contributed by atoms with van der Waals surface area (Å²) in [6, 6.07) is 10.1. The Morgan fingerprint density at radius 1 is 0.960 bits per heavy atom. The molecule has 4 heteroatoms. The molecular formula is C21H36O3Si. The molecule has 1 aromatic rings. The van der Waals surface area contributed by atoms with Crippen LogP contribution in [-0.2, 0) is 20.6 Å². The minimum atomic E-state index is -2.10. The van der Waals surface area contributed by atoms with E-state index in [9.17, 15) is 4.79 Å². The van der Waals surface area contributed by atoms with Crippen molar-refractivity contribution in [2.45, 2.75) is 84.2 Å². The minimum Gasteiger partial charge on any atom is -0.404 e. The third kappa shape index (κ3) is 5.76. The van der Waals surface area contributed by atoms with E-state index >= 15 is 0 Å². The van der Waals surface area contributed by atoms with Gasteiger partial charge in [-0.3, -0.25) is 4.79 Å². The minimum absolute atomic E-state index is 0.145. The molecule has 142 valence electrons. The lowest BCUT2D eigenvalue weighted by Crippen LogP contribution is -2.52. The Balaban J connectivity index is 2.88. The van der Waals surface area contributed by atoms with E-state index in [0.29, 0.717) is 36.3 Å². The van der Waals surface area contributed by atoms with E-state index < -0.39 is 14.4 Å². The molecule has 1 rings (SSSR count). The average molecular weight is 365 g/mol. The second-order valence-corrected chi connectivity index (χ2v) is 13.2. The number of benzene rings is 1. The van der Waals surface area contributed by atoms with Crippen LogP contribution < -0.4 is 0 Å². The normalized spacial score (nSPS) is 13.7. The molecule has 0 heterocycles. The van der Waals surface area contributed by atoms with E-state index in [1.807, 2.05) is 37.3 Å². The third-order valence-electron chi connectivity index (χ3n) is 5.14. The lowest BCUT2D eigenvalue weighted by Gasteiger charge is -2.44. The summed E-state index contributed by atoms with van der Waals surface area (Å²) in [7, 11) is -2.10. The van der Waals surface area contributed by atoms with E-state index in [1.54, 1.807) is 0 Å². The number of ketones is 1. The van der Waals surface area contributed by atoms with Crippen LogP contribution >= 0.6 is 0 Å². The van der Waals surface area contributed by atoms with E-state index in [0.717, 1.165) is 5.56 Å². The van der Waals surface area contributed by atoms with Gasteiger partial charge in [0.2, 0.25) is 8.32 Å². The van der Waals surface area contributed by atoms with Crippen LogP contribution in [0.25, 0.3) is 0 Å². The first-order chi connectivity index (χ1) is 11.8. The average Bonchev–Trinajstić information content (AvgIpc) is 2.57. The van der Waals surface area contributed by atoms with Crippen LogP contribution in [-0.4, -0.2) is 26.8 Å². The van der Waals surface area contributed by atoms with Gasteiger partial charge in [-0.15, -0.1) is 0 Å². The quantitative estimate of drug-likeness (QED) is 0.469. The van der Waals surface area contributed by atoms with Gasteiger partial charge in [-0.2, -0.15) is 0 Å². The summed E-state index contributed by atoms with van der Waals surface area (Å²) in [6.07, 6.45) is 0.0329. The van der Waals surface area contributed by atoms with Gasteiger partial charge in [0.25, 0.3) is 0 Å². The van der Waals surface area contributed by atoms with Crippen molar-refractivity contribution in [3.63, 3.8) is 0 Å². The summed E-state index contributed by atoms with van der Waals surface area (Å²) in [5.74, 6) is 0.145. The first-order valence-corrected chi connectivity index (χ1v) is 11.7. The molecule has 1 atom stereocenters. The van der Waals surface area contributed by atoms with Gasteiger partial charge in [-0.1, -0.05) is 78.8 Å². The molecule has 3 nitrogen and oxygen atoms in total. The van der Waals surface area contributed by atoms with Gasteiger partial charge in [0.1, 0.15) is 6.10 Å². The second-order valence-electron chi connectivity index (χ2n) is 7.74. The Kier molecular flexibility index (Phi) is 9.04. The lowest BCUT2D eigenvalue weighted by atomic mass is 10.2. The predicted molar refractivity (Wildman–Crippen MR) is 107 cm³/mol. The van der Waals surface area contributed by atoms with Gasteiger partial charge in [-0.05, 0) is 22.2 Å². The zero-order chi connectivity index (χ0) is 19.0. The smallest absolute Gasteiger partial charge is 0.201 e. The fraction of sp³-hybridized carbons (Fsp3) is 0.667. The molecule has 0 spiro atoms. The molecule has 0 radical (unpaired) electrons. The molecule has 0 saturated heterocycles. The predicted octanol–water partition coefficient (Wildman–Crippen LogP) is 5.74. The fourth-order valence-electron chi connectivity index (χ4n) is 3.93. The van der Waals surface area contributed by atoms with Crippen LogP contribution in [0.1, 0.15) is 60.5 Å². The molecule has 0 aliphatic heterocycles. The van der Waals surface area contributed by atoms with Crippen LogP contribution in [0, 0.1) is 0 Å². The Morgan fingerprint density at radius 3 is 1.92 bits per heavy atom. The fourth-order valence-corrected chi connectivity index (χ4v) is 9.44. The van der Waals surface area contributed by atoms with E-state index in [1.165, 1.54) is 0 Å². The first kappa shape index (κ1) is 22.1. The zero-order valence-corrected chi connectivity index (χ0v) is 18.0. The highest BCUT2D eigenvalue weighted by molar-refractivity contribution is 6.77. The highest BCUT2D eigenvalue weighted by Gasteiger charge is 2.47. The number of hydrogen-bond donors (Lipinski definition) is 0. The van der Waals surface area contributed by atoms with E-state index in [4.69, 9.17) is 9.16 Å². The monoisotopic (exact) mass is 364 g/mol. The Morgan fingerprint density at radius 2 is 1.48 bits per heavy atom. The number of carbonyl (C=O) groups is 1. The molecule has 0 fully saturated rings. The summed E-state index contributed by atoms with van der Waals surface area (Å²) in [5, 5.41) is 0. The number of rotatable bonds is 11. The van der Waals surface area contributed by atoms with Crippen molar-refractivity contribution < 1.29 is 14.0 Å². The van der Waals surface area contributed by atoms with Gasteiger partial charge in [0.15, 0.2) is 5.78 Å². The molecular weight excluding hydrogens is 328 g/mol. The van der Waals surface area contributed by atoms with E-state index in [-0.39, 0.29) is 5.78 Å². The van der Waals surface area contributed by atoms with Crippen LogP contribution in [0.4, 0.5) is 0 Å². The van der Waals surface area contributed by atoms with Crippen LogP contribution in [0.5, 0.6) is 0 Å². The van der Waals surface area contributed by atoms with Crippen LogP contribution in [0.3, 0.4) is 0 Å². The zero-order valence-electron chi connectivity index (χ0n) is 17.0. The van der Waals surface area contributed by atoms with Crippen molar-refractivity contribution >= 4 is 14.1 Å². The molecule has 0 bridgehead atoms. The van der Waals surface area contributed by atoms with Crippen molar-refractivity contribution in [3.8, 4) is 0 Å². The molecule has 0 N–H and O–H groups in total. The summed E-state index contributed by atoms with van der Waals surface area (Å²) < 4.78 is 12.5. The first-order valence-electron chi connectivity index (χ1n) is 9.57. The van der Waals surface area contributed by atoms with Gasteiger partial charge in [-0.25, -0.2) is 0 Å². The van der Waals surface area contributed by atoms with Crippen molar-refractivity contribution in [2.75, 3.05) is 6.61 Å². The second kappa shape index (κ2) is 10.2. The molecule has 1 aromatic carbocycles. The standard InChI is InChI=1S/C21H36O3Si/c1-8-20(22)21(15-23-14-19-12-10-9-11-13-19)24-25(16(2)3,17(4)5)18(6)7/h9-13,16-18,21H,8,14-15H2,1-7H3/t21-/m0/s1. The number of Topliss-reactive ketones (excluding diaryl/α,β-unsaturated/α-hetero) is 1. The summed E-state index contributed by atoms with van der Waals surface area (Å²) in [5.41, 5.74) is 2.47. The van der Waals surface area contributed by atoms with Crippen molar-refractivity contribution in [3.05, 3.63) is 35.9 Å². The molecule has 0 saturated carbocycles. The lowest BCUT2D eigenvalue weighted by molar-refractivity contribution is -0.129. The highest BCUT2D eigenvalue weighted by atomic mass is 28.4. The van der Waals surface area contributed by atoms with Crippen molar-refractivity contribution in [2.24, 2.45) is 0 Å². The molecule has 0 aromatic heterocycles. The van der Waals surface area contributed by atoms with Crippen molar-refractivity contribution in [1.82, 2.24) is 0 Å². The SMILES string of the molecule is CCC(=O)[C@H](COCc1ccccc1)O[Si](C(C)C)(C(C)C)C(C)C. The van der Waals surface area contributed by atoms with Gasteiger partial charge < -0.3 is 9.16 Å². The molecule has 25 heavy (non-hydrogen) atoms. The van der Waals surface area contributed by atoms with Gasteiger partial charge in [0, 0.05) is 6.42 Å². The summed E-state index contributed by atoms with van der Waals surface area (Å²) >= 11 is 0. The maximum atomic E-state index is 12.5. The summed E-state index contributed by atoms with van der Waals surface area (Å²) in [4.78, 5) is 12.5. The third-order valence-corrected chi connectivity index (χ3v) is 11.2. The highest BCUT2D eigenvalue weighted by Crippen LogP contribution is 2.43. The molecule has 0 aliphatic rings. The molecule has 0 aliphatic carbocycles. The van der Waals surface area contributed by atoms with Crippen LogP contribution in [0.2, 0.25) is 16.6 Å². The van der Waals surface area contributed by atoms with Crippen molar-refractivity contribution in [1.29, 1.82) is 0 Å². The largest absolute Gasteiger partial charge is 0.404 e. The number of carbonyl (C=O) groups excluding carboxylic acids is 1. The number of ether oxygens (including phenoxy) is 1. The maximum absolute atomic E-state index is 12.5. The Hall–Kier alpha value is -0.973. The van der Waals surface area contributed by atoms with E-state index in [2.05, 4.69) is 41.5 Å². The van der Waals surface area contributed by atoms with Gasteiger partial charge >= 0.3 is 0 Å². The maximum Gasteiger partial charge on any atom is 0.201 e. The topological polar surface area (TPSA) is 35.5 Å². The summed E-state index contributed by atoms with van der Waals surface area (Å²) in [6.45, 7) is 16.2. The molecule has 0 unspecified atom stereocenters. The van der Waals surface area contributed by atoms with Gasteiger partial charge in [0.05, 0.1) is 13.2 Å². The number of hydrogen-bond acceptors (Lipinski definition) is 3. The Bertz CT molecular complexity index is 489.